The van der Waals surface area contributed by atoms with Crippen molar-refractivity contribution in [2.75, 3.05) is 11.6 Å². The Morgan fingerprint density at radius 2 is 1.90 bits per heavy atom. The number of benzene rings is 3. The zero-order valence-corrected chi connectivity index (χ0v) is 19.2. The van der Waals surface area contributed by atoms with Gasteiger partial charge in [-0.15, -0.1) is 0 Å². The topological polar surface area (TPSA) is 42.7 Å². The van der Waals surface area contributed by atoms with Gasteiger partial charge in [0.15, 0.2) is 6.73 Å². The molecule has 1 aromatic heterocycles. The van der Waals surface area contributed by atoms with Gasteiger partial charge >= 0.3 is 5.63 Å². The third-order valence-electron chi connectivity index (χ3n) is 5.69. The highest BCUT2D eigenvalue weighted by atomic mass is 79.9. The Morgan fingerprint density at radius 3 is 2.68 bits per heavy atom. The minimum Gasteiger partial charge on any atom is -0.471 e. The fourth-order valence-corrected chi connectivity index (χ4v) is 4.72. The van der Waals surface area contributed by atoms with Crippen LogP contribution in [0.25, 0.3) is 11.0 Å². The van der Waals surface area contributed by atoms with E-state index in [9.17, 15) is 4.79 Å². The molecule has 5 rings (SSSR count). The van der Waals surface area contributed by atoms with E-state index in [1.807, 2.05) is 67.6 Å². The van der Waals surface area contributed by atoms with Crippen LogP contribution in [0.2, 0.25) is 5.02 Å². The van der Waals surface area contributed by atoms with Gasteiger partial charge in [-0.05, 0) is 42.3 Å². The van der Waals surface area contributed by atoms with Crippen LogP contribution in [-0.2, 0) is 13.0 Å². The first kappa shape index (κ1) is 20.2. The fourth-order valence-electron chi connectivity index (χ4n) is 4.05. The van der Waals surface area contributed by atoms with E-state index in [2.05, 4.69) is 20.8 Å². The molecule has 4 aromatic rings. The molecular weight excluding hydrogens is 478 g/mol. The van der Waals surface area contributed by atoms with E-state index in [0.29, 0.717) is 41.6 Å². The first-order valence-corrected chi connectivity index (χ1v) is 11.1. The normalized spacial score (nSPS) is 13.2. The summed E-state index contributed by atoms with van der Waals surface area (Å²) >= 11 is 10.1. The van der Waals surface area contributed by atoms with Crippen molar-refractivity contribution >= 4 is 44.2 Å². The summed E-state index contributed by atoms with van der Waals surface area (Å²) in [6.07, 6.45) is 0.514. The van der Waals surface area contributed by atoms with Crippen molar-refractivity contribution in [2.45, 2.75) is 19.9 Å². The number of hydrogen-bond donors (Lipinski definition) is 0. The smallest absolute Gasteiger partial charge is 0.340 e. The van der Waals surface area contributed by atoms with Crippen molar-refractivity contribution in [1.82, 2.24) is 0 Å². The highest BCUT2D eigenvalue weighted by Gasteiger charge is 2.26. The Hall–Kier alpha value is -2.76. The second-order valence-electron chi connectivity index (χ2n) is 7.65. The largest absolute Gasteiger partial charge is 0.471 e. The van der Waals surface area contributed by atoms with Crippen LogP contribution in [-0.4, -0.2) is 6.73 Å². The zero-order chi connectivity index (χ0) is 21.5. The van der Waals surface area contributed by atoms with Gasteiger partial charge in [0.2, 0.25) is 0 Å². The number of halogens is 2. The van der Waals surface area contributed by atoms with Gasteiger partial charge in [-0.2, -0.15) is 0 Å². The van der Waals surface area contributed by atoms with Crippen LogP contribution in [0.4, 0.5) is 5.69 Å². The molecule has 31 heavy (non-hydrogen) atoms. The van der Waals surface area contributed by atoms with Crippen molar-refractivity contribution in [3.63, 3.8) is 0 Å². The maximum atomic E-state index is 13.0. The molecule has 1 aliphatic rings. The van der Waals surface area contributed by atoms with Gasteiger partial charge in [0.25, 0.3) is 0 Å². The summed E-state index contributed by atoms with van der Waals surface area (Å²) in [5, 5.41) is 1.37. The molecule has 0 spiro atoms. The zero-order valence-electron chi connectivity index (χ0n) is 16.8. The molecule has 2 heterocycles. The molecule has 1 aliphatic heterocycles. The van der Waals surface area contributed by atoms with Gasteiger partial charge < -0.3 is 14.1 Å². The molecular formula is C25H19BrClNO3. The number of fused-ring (bicyclic) bond motifs is 3. The lowest BCUT2D eigenvalue weighted by molar-refractivity contribution is 0.289. The third-order valence-corrected chi connectivity index (χ3v) is 6.46. The molecule has 4 nitrogen and oxygen atoms in total. The van der Waals surface area contributed by atoms with Crippen molar-refractivity contribution in [2.24, 2.45) is 0 Å². The van der Waals surface area contributed by atoms with Gasteiger partial charge in [0.05, 0.1) is 17.1 Å². The molecule has 0 saturated heterocycles. The monoisotopic (exact) mass is 495 g/mol. The average molecular weight is 497 g/mol. The molecule has 0 radical (unpaired) electrons. The molecule has 6 heteroatoms. The van der Waals surface area contributed by atoms with Gasteiger partial charge in [-0.25, -0.2) is 4.79 Å². The predicted molar refractivity (Wildman–Crippen MR) is 127 cm³/mol. The van der Waals surface area contributed by atoms with E-state index in [1.165, 1.54) is 0 Å². The number of hydrogen-bond acceptors (Lipinski definition) is 4. The number of rotatable bonds is 3. The summed E-state index contributed by atoms with van der Waals surface area (Å²) in [5.41, 5.74) is 4.62. The Labute approximate surface area is 193 Å². The number of nitrogens with zero attached hydrogens (tertiary/aromatic N) is 1. The summed E-state index contributed by atoms with van der Waals surface area (Å²) in [4.78, 5) is 15.0. The molecule has 0 fully saturated rings. The second kappa shape index (κ2) is 8.06. The third kappa shape index (κ3) is 3.73. The van der Waals surface area contributed by atoms with Crippen LogP contribution in [0.5, 0.6) is 5.75 Å². The quantitative estimate of drug-likeness (QED) is 0.305. The van der Waals surface area contributed by atoms with Gasteiger partial charge in [-0.3, -0.25) is 0 Å². The Kier molecular flexibility index (Phi) is 5.24. The number of ether oxygens (including phenoxy) is 1. The predicted octanol–water partition coefficient (Wildman–Crippen LogP) is 6.46. The molecule has 0 amide bonds. The maximum Gasteiger partial charge on any atom is 0.340 e. The lowest BCUT2D eigenvalue weighted by Gasteiger charge is -2.31. The molecule has 0 saturated carbocycles. The van der Waals surface area contributed by atoms with Crippen LogP contribution >= 0.6 is 27.5 Å². The van der Waals surface area contributed by atoms with Crippen molar-refractivity contribution < 1.29 is 9.15 Å². The van der Waals surface area contributed by atoms with Crippen molar-refractivity contribution in [3.8, 4) is 5.75 Å². The van der Waals surface area contributed by atoms with Crippen LogP contribution in [0, 0.1) is 6.92 Å². The summed E-state index contributed by atoms with van der Waals surface area (Å²) in [6.45, 7) is 2.85. The minimum absolute atomic E-state index is 0.321. The summed E-state index contributed by atoms with van der Waals surface area (Å²) < 4.78 is 12.9. The highest BCUT2D eigenvalue weighted by Crippen LogP contribution is 2.41. The van der Waals surface area contributed by atoms with E-state index in [1.54, 1.807) is 0 Å². The standard InChI is InChI=1S/C25H19BrClNO3/c1-15-19-12-22(27)24-21(13-28(14-30-24)18-9-5-8-17(26)11-18)23(19)31-25(29)20(15)10-16-6-3-2-4-7-16/h2-9,11-12H,10,13-14H2,1H3. The Bertz CT molecular complexity index is 1350. The first-order valence-electron chi connectivity index (χ1n) is 9.96. The lowest BCUT2D eigenvalue weighted by Crippen LogP contribution is -2.32. The van der Waals surface area contributed by atoms with Crippen molar-refractivity contribution in [1.29, 1.82) is 0 Å². The molecule has 0 N–H and O–H groups in total. The lowest BCUT2D eigenvalue weighted by atomic mass is 9.97. The van der Waals surface area contributed by atoms with Crippen LogP contribution in [0.3, 0.4) is 0 Å². The molecule has 0 aliphatic carbocycles. The van der Waals surface area contributed by atoms with Gasteiger partial charge in [-0.1, -0.05) is 63.9 Å². The number of aryl methyl sites for hydroxylation is 1. The van der Waals surface area contributed by atoms with Crippen LogP contribution < -0.4 is 15.3 Å². The summed E-state index contributed by atoms with van der Waals surface area (Å²) in [6, 6.07) is 19.8. The highest BCUT2D eigenvalue weighted by molar-refractivity contribution is 9.10. The Balaban J connectivity index is 1.63. The van der Waals surface area contributed by atoms with Gasteiger partial charge in [0, 0.05) is 27.5 Å². The van der Waals surface area contributed by atoms with E-state index in [0.717, 1.165) is 32.2 Å². The molecule has 156 valence electrons. The average Bonchev–Trinajstić information content (AvgIpc) is 2.78. The number of anilines is 1. The molecule has 0 bridgehead atoms. The fraction of sp³-hybridized carbons (Fsp3) is 0.160. The first-order chi connectivity index (χ1) is 15.0. The van der Waals surface area contributed by atoms with E-state index in [-0.39, 0.29) is 5.63 Å². The molecule has 0 atom stereocenters. The molecule has 3 aromatic carbocycles. The minimum atomic E-state index is -0.321. The SMILES string of the molecule is Cc1c(Cc2ccccc2)c(=O)oc2c3c(c(Cl)cc12)OCN(c1cccc(Br)c1)C3. The van der Waals surface area contributed by atoms with Crippen molar-refractivity contribution in [3.05, 3.63) is 103 Å². The van der Waals surface area contributed by atoms with Crippen LogP contribution in [0.15, 0.2) is 74.3 Å². The summed E-state index contributed by atoms with van der Waals surface area (Å²) in [7, 11) is 0. The maximum absolute atomic E-state index is 13.0. The molecule has 0 unspecified atom stereocenters. The van der Waals surface area contributed by atoms with Gasteiger partial charge in [0.1, 0.15) is 11.3 Å². The van der Waals surface area contributed by atoms with E-state index in [4.69, 9.17) is 20.8 Å². The second-order valence-corrected chi connectivity index (χ2v) is 8.97. The van der Waals surface area contributed by atoms with E-state index < -0.39 is 0 Å². The van der Waals surface area contributed by atoms with Crippen LogP contribution in [0.1, 0.15) is 22.3 Å². The van der Waals surface area contributed by atoms with E-state index >= 15 is 0 Å². The summed E-state index contributed by atoms with van der Waals surface area (Å²) in [5.74, 6) is 0.582. The Morgan fingerprint density at radius 1 is 1.10 bits per heavy atom.